The van der Waals surface area contributed by atoms with Gasteiger partial charge >= 0.3 is 0 Å². The van der Waals surface area contributed by atoms with E-state index in [9.17, 15) is 5.11 Å². The summed E-state index contributed by atoms with van der Waals surface area (Å²) in [5, 5.41) is 18.2. The lowest BCUT2D eigenvalue weighted by atomic mass is 10.1. The van der Waals surface area contributed by atoms with Crippen molar-refractivity contribution >= 4 is 0 Å². The van der Waals surface area contributed by atoms with Gasteiger partial charge in [0.25, 0.3) is 0 Å². The van der Waals surface area contributed by atoms with E-state index >= 15 is 0 Å². The predicted molar refractivity (Wildman–Crippen MR) is 64.5 cm³/mol. The molecule has 3 nitrogen and oxygen atoms in total. The molecule has 3 heteroatoms. The molecule has 1 aliphatic rings. The maximum absolute atomic E-state index is 9.47. The molecule has 0 amide bonds. The van der Waals surface area contributed by atoms with Crippen LogP contribution >= 0.6 is 0 Å². The molecule has 1 aromatic rings. The van der Waals surface area contributed by atoms with Crippen LogP contribution in [0.1, 0.15) is 37.9 Å². The minimum Gasteiger partial charge on any atom is -0.493 e. The number of nitriles is 1. The van der Waals surface area contributed by atoms with Gasteiger partial charge in [0.2, 0.25) is 0 Å². The number of hydrogen-bond acceptors (Lipinski definition) is 3. The van der Waals surface area contributed by atoms with Gasteiger partial charge in [-0.25, -0.2) is 0 Å². The summed E-state index contributed by atoms with van der Waals surface area (Å²) in [5.74, 6) is 0.771. The molecule has 17 heavy (non-hydrogen) atoms. The second-order valence-corrected chi connectivity index (χ2v) is 4.87. The van der Waals surface area contributed by atoms with E-state index in [0.717, 1.165) is 24.2 Å². The fraction of sp³-hybridized carbons (Fsp3) is 0.500. The van der Waals surface area contributed by atoms with E-state index in [1.54, 1.807) is 6.92 Å². The molecular formula is C14H17NO2. The molecule has 2 rings (SSSR count). The van der Waals surface area contributed by atoms with Crippen molar-refractivity contribution in [1.82, 2.24) is 0 Å². The van der Waals surface area contributed by atoms with Gasteiger partial charge in [-0.2, -0.15) is 5.26 Å². The van der Waals surface area contributed by atoms with Crippen LogP contribution < -0.4 is 4.74 Å². The molecule has 1 aliphatic carbocycles. The molecule has 1 fully saturated rings. The van der Waals surface area contributed by atoms with Crippen molar-refractivity contribution in [2.75, 3.05) is 6.61 Å². The number of benzene rings is 1. The Bertz CT molecular complexity index is 430. The summed E-state index contributed by atoms with van der Waals surface area (Å²) in [6, 6.07) is 9.70. The van der Waals surface area contributed by atoms with Gasteiger partial charge in [0.05, 0.1) is 18.8 Å². The van der Waals surface area contributed by atoms with Crippen LogP contribution in [0.15, 0.2) is 24.3 Å². The molecule has 0 saturated heterocycles. The second kappa shape index (κ2) is 4.77. The molecule has 0 spiro atoms. The van der Waals surface area contributed by atoms with Crippen LogP contribution in [0.25, 0.3) is 0 Å². The van der Waals surface area contributed by atoms with Crippen LogP contribution in [0, 0.1) is 16.7 Å². The van der Waals surface area contributed by atoms with Crippen molar-refractivity contribution in [3.05, 3.63) is 29.8 Å². The van der Waals surface area contributed by atoms with Gasteiger partial charge in [-0.15, -0.1) is 0 Å². The standard InChI is InChI=1S/C14H17NO2/c1-11(16)12-3-2-4-13(9-12)17-10-14(5-6-14)7-8-15/h2-4,9,11,16H,5-7,10H2,1H3/t11-/m0/s1. The van der Waals surface area contributed by atoms with Gasteiger partial charge < -0.3 is 9.84 Å². The monoisotopic (exact) mass is 231 g/mol. The predicted octanol–water partition coefficient (Wildman–Crippen LogP) is 2.81. The highest BCUT2D eigenvalue weighted by Gasteiger charge is 2.43. The van der Waals surface area contributed by atoms with E-state index in [0.29, 0.717) is 13.0 Å². The molecule has 1 N–H and O–H groups in total. The third kappa shape index (κ3) is 2.98. The summed E-state index contributed by atoms with van der Waals surface area (Å²) in [6.07, 6.45) is 2.25. The average Bonchev–Trinajstić information content (AvgIpc) is 3.08. The zero-order valence-electron chi connectivity index (χ0n) is 10.0. The van der Waals surface area contributed by atoms with Crippen LogP contribution in [0.5, 0.6) is 5.75 Å². The number of ether oxygens (including phenoxy) is 1. The van der Waals surface area contributed by atoms with E-state index in [-0.39, 0.29) is 5.41 Å². The molecule has 1 atom stereocenters. The Morgan fingerprint density at radius 3 is 2.88 bits per heavy atom. The lowest BCUT2D eigenvalue weighted by Crippen LogP contribution is -2.12. The Labute approximate surface area is 102 Å². The number of hydrogen-bond donors (Lipinski definition) is 1. The molecule has 90 valence electrons. The second-order valence-electron chi connectivity index (χ2n) is 4.87. The molecule has 0 aliphatic heterocycles. The first kappa shape index (κ1) is 11.9. The highest BCUT2D eigenvalue weighted by Crippen LogP contribution is 2.48. The molecular weight excluding hydrogens is 214 g/mol. The van der Waals surface area contributed by atoms with Gasteiger partial charge in [-0.05, 0) is 37.5 Å². The summed E-state index contributed by atoms with van der Waals surface area (Å²) in [4.78, 5) is 0. The lowest BCUT2D eigenvalue weighted by Gasteiger charge is -2.14. The molecule has 0 unspecified atom stereocenters. The van der Waals surface area contributed by atoms with Gasteiger partial charge in [-0.1, -0.05) is 12.1 Å². The summed E-state index contributed by atoms with van der Waals surface area (Å²) < 4.78 is 5.71. The van der Waals surface area contributed by atoms with Crippen LogP contribution in [0.3, 0.4) is 0 Å². The van der Waals surface area contributed by atoms with Crippen molar-refractivity contribution < 1.29 is 9.84 Å². The van der Waals surface area contributed by atoms with E-state index in [1.165, 1.54) is 0 Å². The minimum atomic E-state index is -0.479. The molecule has 1 aromatic carbocycles. The molecule has 1 saturated carbocycles. The normalized spacial score (nSPS) is 18.2. The smallest absolute Gasteiger partial charge is 0.119 e. The minimum absolute atomic E-state index is 0.0928. The summed E-state index contributed by atoms with van der Waals surface area (Å²) in [5.41, 5.74) is 0.947. The summed E-state index contributed by atoms with van der Waals surface area (Å²) in [6.45, 7) is 2.33. The molecule has 0 aromatic heterocycles. The maximum atomic E-state index is 9.47. The summed E-state index contributed by atoms with van der Waals surface area (Å²) >= 11 is 0. The highest BCUT2D eigenvalue weighted by atomic mass is 16.5. The summed E-state index contributed by atoms with van der Waals surface area (Å²) in [7, 11) is 0. The Kier molecular flexibility index (Phi) is 3.35. The third-order valence-electron chi connectivity index (χ3n) is 3.30. The Morgan fingerprint density at radius 2 is 2.29 bits per heavy atom. The molecule has 0 bridgehead atoms. The largest absolute Gasteiger partial charge is 0.493 e. The fourth-order valence-electron chi connectivity index (χ4n) is 1.82. The van der Waals surface area contributed by atoms with Crippen molar-refractivity contribution in [1.29, 1.82) is 5.26 Å². The topological polar surface area (TPSA) is 53.2 Å². The third-order valence-corrected chi connectivity index (χ3v) is 3.30. The van der Waals surface area contributed by atoms with Crippen LogP contribution in [-0.4, -0.2) is 11.7 Å². The van der Waals surface area contributed by atoms with Crippen LogP contribution in [0.2, 0.25) is 0 Å². The number of rotatable bonds is 5. The van der Waals surface area contributed by atoms with Gasteiger partial charge in [-0.3, -0.25) is 0 Å². The quantitative estimate of drug-likeness (QED) is 0.847. The maximum Gasteiger partial charge on any atom is 0.119 e. The van der Waals surface area contributed by atoms with Gasteiger partial charge in [0.1, 0.15) is 5.75 Å². The van der Waals surface area contributed by atoms with E-state index in [1.807, 2.05) is 24.3 Å². The first-order chi connectivity index (χ1) is 8.15. The van der Waals surface area contributed by atoms with Gasteiger partial charge in [0.15, 0.2) is 0 Å². The Balaban J connectivity index is 1.95. The number of aliphatic hydroxyl groups excluding tert-OH is 1. The molecule has 0 heterocycles. The SMILES string of the molecule is C[C@H](O)c1cccc(OCC2(CC#N)CC2)c1. The fourth-order valence-corrected chi connectivity index (χ4v) is 1.82. The Hall–Kier alpha value is -1.53. The highest BCUT2D eigenvalue weighted by molar-refractivity contribution is 5.29. The van der Waals surface area contributed by atoms with Crippen LogP contribution in [0.4, 0.5) is 0 Å². The van der Waals surface area contributed by atoms with Crippen molar-refractivity contribution in [2.24, 2.45) is 5.41 Å². The number of nitrogens with zero attached hydrogens (tertiary/aromatic N) is 1. The van der Waals surface area contributed by atoms with Crippen molar-refractivity contribution in [3.8, 4) is 11.8 Å². The van der Waals surface area contributed by atoms with Crippen molar-refractivity contribution in [3.63, 3.8) is 0 Å². The lowest BCUT2D eigenvalue weighted by molar-refractivity contribution is 0.197. The van der Waals surface area contributed by atoms with E-state index < -0.39 is 6.10 Å². The number of aliphatic hydroxyl groups is 1. The zero-order valence-corrected chi connectivity index (χ0v) is 10.0. The first-order valence-corrected chi connectivity index (χ1v) is 5.93. The average molecular weight is 231 g/mol. The van der Waals surface area contributed by atoms with Crippen LogP contribution in [-0.2, 0) is 0 Å². The van der Waals surface area contributed by atoms with Gasteiger partial charge in [0, 0.05) is 11.8 Å². The zero-order chi connectivity index (χ0) is 12.3. The van der Waals surface area contributed by atoms with E-state index in [2.05, 4.69) is 6.07 Å². The van der Waals surface area contributed by atoms with E-state index in [4.69, 9.17) is 10.00 Å². The first-order valence-electron chi connectivity index (χ1n) is 5.93. The molecule has 0 radical (unpaired) electrons. The Morgan fingerprint density at radius 1 is 1.53 bits per heavy atom. The van der Waals surface area contributed by atoms with Crippen molar-refractivity contribution in [2.45, 2.75) is 32.3 Å².